The van der Waals surface area contributed by atoms with Crippen LogP contribution in [-0.4, -0.2) is 92.9 Å². The summed E-state index contributed by atoms with van der Waals surface area (Å²) in [7, 11) is 0. The van der Waals surface area contributed by atoms with Crippen molar-refractivity contribution in [3.63, 3.8) is 0 Å². The first kappa shape index (κ1) is 34.7. The van der Waals surface area contributed by atoms with E-state index in [1.54, 1.807) is 17.0 Å². The molecule has 0 saturated carbocycles. The van der Waals surface area contributed by atoms with Gasteiger partial charge in [-0.25, -0.2) is 8.78 Å². The van der Waals surface area contributed by atoms with Gasteiger partial charge in [0.1, 0.15) is 40.9 Å². The van der Waals surface area contributed by atoms with Gasteiger partial charge in [-0.2, -0.15) is 9.97 Å². The lowest BCUT2D eigenvalue weighted by atomic mass is 9.94. The van der Waals surface area contributed by atoms with Crippen LogP contribution in [0.2, 0.25) is 0 Å². The number of amides is 1. The number of carbonyl (C=O) groups excluding carboxylic acids is 1. The Hall–Kier alpha value is -4.71. The van der Waals surface area contributed by atoms with Gasteiger partial charge in [0.15, 0.2) is 5.82 Å². The first-order chi connectivity index (χ1) is 24.7. The minimum Gasteiger partial charge on any atom is -0.508 e. The van der Waals surface area contributed by atoms with E-state index in [4.69, 9.17) is 15.1 Å². The number of aromatic nitrogens is 3. The summed E-state index contributed by atoms with van der Waals surface area (Å²) in [6, 6.07) is 5.92. The SMILES string of the molecule is CCCN(C/C=C/C(=N)C(=O)N1CCCC1)c1nc(OCC23CCCN2CCC3)nc2c(F)c(-c3cc(O)cc4ccc(F)c(CC)c34)ncc12. The van der Waals surface area contributed by atoms with E-state index in [0.29, 0.717) is 66.7 Å². The summed E-state index contributed by atoms with van der Waals surface area (Å²) in [4.78, 5) is 32.9. The molecule has 51 heavy (non-hydrogen) atoms. The fraction of sp³-hybridized carbons (Fsp3) is 0.462. The lowest BCUT2D eigenvalue weighted by Crippen LogP contribution is -2.43. The van der Waals surface area contributed by atoms with Gasteiger partial charge in [-0.15, -0.1) is 0 Å². The van der Waals surface area contributed by atoms with Gasteiger partial charge in [0, 0.05) is 37.9 Å². The van der Waals surface area contributed by atoms with Crippen molar-refractivity contribution in [3.05, 3.63) is 59.8 Å². The van der Waals surface area contributed by atoms with Gasteiger partial charge in [-0.05, 0) is 105 Å². The molecular weight excluding hydrogens is 652 g/mol. The zero-order valence-corrected chi connectivity index (χ0v) is 29.4. The highest BCUT2D eigenvalue weighted by Gasteiger charge is 2.45. The van der Waals surface area contributed by atoms with Gasteiger partial charge in [0.05, 0.1) is 10.9 Å². The fourth-order valence-corrected chi connectivity index (χ4v) is 8.22. The van der Waals surface area contributed by atoms with Crippen molar-refractivity contribution in [2.75, 3.05) is 50.8 Å². The molecule has 0 spiro atoms. The first-order valence-electron chi connectivity index (χ1n) is 18.2. The Morgan fingerprint density at radius 3 is 2.57 bits per heavy atom. The third-order valence-electron chi connectivity index (χ3n) is 10.7. The van der Waals surface area contributed by atoms with Crippen molar-refractivity contribution >= 4 is 39.1 Å². The molecule has 0 unspecified atom stereocenters. The van der Waals surface area contributed by atoms with Crippen LogP contribution in [0.3, 0.4) is 0 Å². The largest absolute Gasteiger partial charge is 0.508 e. The van der Waals surface area contributed by atoms with Crippen LogP contribution in [-0.2, 0) is 11.2 Å². The monoisotopic (exact) mass is 697 g/mol. The maximum Gasteiger partial charge on any atom is 0.319 e. The summed E-state index contributed by atoms with van der Waals surface area (Å²) in [5.74, 6) is -1.10. The highest BCUT2D eigenvalue weighted by molar-refractivity contribution is 6.42. The summed E-state index contributed by atoms with van der Waals surface area (Å²) in [5, 5.41) is 20.4. The second-order valence-electron chi connectivity index (χ2n) is 14.0. The van der Waals surface area contributed by atoms with Crippen LogP contribution in [0.1, 0.15) is 64.4 Å². The quantitative estimate of drug-likeness (QED) is 0.155. The first-order valence-corrected chi connectivity index (χ1v) is 18.2. The number of rotatable bonds is 12. The fourth-order valence-electron chi connectivity index (χ4n) is 8.22. The van der Waals surface area contributed by atoms with Crippen molar-refractivity contribution in [1.29, 1.82) is 5.41 Å². The lowest BCUT2D eigenvalue weighted by molar-refractivity contribution is -0.123. The molecule has 0 atom stereocenters. The molecule has 2 N–H and O–H groups in total. The molecule has 3 aliphatic rings. The molecule has 1 amide bonds. The topological polar surface area (TPSA) is 119 Å². The number of ether oxygens (including phenoxy) is 1. The zero-order chi connectivity index (χ0) is 35.7. The number of pyridine rings is 1. The molecular formula is C39H45F2N7O3. The predicted octanol–water partition coefficient (Wildman–Crippen LogP) is 6.81. The second kappa shape index (κ2) is 14.5. The highest BCUT2D eigenvalue weighted by Crippen LogP contribution is 2.41. The summed E-state index contributed by atoms with van der Waals surface area (Å²) in [5.41, 5.74) is 0.439. The molecule has 3 aliphatic heterocycles. The van der Waals surface area contributed by atoms with Gasteiger partial charge in [-0.3, -0.25) is 20.1 Å². The minimum absolute atomic E-state index is 0.000168. The number of hydrogen-bond acceptors (Lipinski definition) is 9. The maximum absolute atomic E-state index is 17.0. The van der Waals surface area contributed by atoms with Gasteiger partial charge >= 0.3 is 6.01 Å². The van der Waals surface area contributed by atoms with E-state index >= 15 is 8.78 Å². The van der Waals surface area contributed by atoms with E-state index in [-0.39, 0.29) is 45.7 Å². The predicted molar refractivity (Wildman–Crippen MR) is 195 cm³/mol. The molecule has 7 rings (SSSR count). The number of halogens is 2. The van der Waals surface area contributed by atoms with Gasteiger partial charge < -0.3 is 19.6 Å². The highest BCUT2D eigenvalue weighted by atomic mass is 19.1. The average Bonchev–Trinajstić information content (AvgIpc) is 3.89. The summed E-state index contributed by atoms with van der Waals surface area (Å²) in [6.07, 6.45) is 12.0. The van der Waals surface area contributed by atoms with Crippen LogP contribution in [0.15, 0.2) is 42.6 Å². The standard InChI is InChI=1S/C39H45F2N7O3/c1-3-15-46(18-7-10-31(42)37(50)47-16-5-6-17-47)36-29-23-43-34(28-22-26(49)21-25-11-12-30(40)27(4-2)32(25)28)33(41)35(29)44-38(45-36)51-24-39-13-8-19-48(39)20-9-14-39/h7,10-12,21-23,42,49H,3-6,8-9,13-20,24H2,1-2H3/b10-7+,42-31?. The Morgan fingerprint density at radius 2 is 1.84 bits per heavy atom. The van der Waals surface area contributed by atoms with Crippen molar-refractivity contribution in [3.8, 4) is 23.0 Å². The van der Waals surface area contributed by atoms with Gasteiger partial charge in [0.2, 0.25) is 0 Å². The van der Waals surface area contributed by atoms with Crippen LogP contribution in [0.5, 0.6) is 11.8 Å². The number of carbonyl (C=O) groups is 1. The Morgan fingerprint density at radius 1 is 1.08 bits per heavy atom. The number of phenolic OH excluding ortho intramolecular Hbond substituents is 1. The number of nitrogens with zero attached hydrogens (tertiary/aromatic N) is 6. The number of benzene rings is 2. The van der Waals surface area contributed by atoms with Crippen LogP contribution < -0.4 is 9.64 Å². The second-order valence-corrected chi connectivity index (χ2v) is 14.0. The molecule has 0 aliphatic carbocycles. The van der Waals surface area contributed by atoms with E-state index < -0.39 is 11.6 Å². The van der Waals surface area contributed by atoms with E-state index in [1.165, 1.54) is 30.5 Å². The van der Waals surface area contributed by atoms with E-state index in [1.807, 2.05) is 18.7 Å². The van der Waals surface area contributed by atoms with Crippen molar-refractivity contribution < 1.29 is 23.4 Å². The zero-order valence-electron chi connectivity index (χ0n) is 29.4. The molecule has 10 nitrogen and oxygen atoms in total. The van der Waals surface area contributed by atoms with Crippen LogP contribution in [0, 0.1) is 17.0 Å². The molecule has 5 heterocycles. The van der Waals surface area contributed by atoms with Crippen LogP contribution >= 0.6 is 0 Å². The molecule has 0 bridgehead atoms. The number of phenols is 1. The van der Waals surface area contributed by atoms with E-state index in [2.05, 4.69) is 14.9 Å². The van der Waals surface area contributed by atoms with E-state index in [0.717, 1.165) is 58.0 Å². The summed E-state index contributed by atoms with van der Waals surface area (Å²) >= 11 is 0. The molecule has 3 saturated heterocycles. The number of aryl methyl sites for hydroxylation is 1. The summed E-state index contributed by atoms with van der Waals surface area (Å²) < 4.78 is 38.4. The van der Waals surface area contributed by atoms with Crippen LogP contribution in [0.25, 0.3) is 32.9 Å². The average molecular weight is 698 g/mol. The molecule has 2 aromatic carbocycles. The number of fused-ring (bicyclic) bond motifs is 3. The molecule has 268 valence electrons. The van der Waals surface area contributed by atoms with Crippen molar-refractivity contribution in [2.45, 2.75) is 70.8 Å². The molecule has 3 fully saturated rings. The summed E-state index contributed by atoms with van der Waals surface area (Å²) in [6.45, 7) is 8.47. The molecule has 2 aromatic heterocycles. The van der Waals surface area contributed by atoms with Crippen LogP contribution in [0.4, 0.5) is 14.6 Å². The van der Waals surface area contributed by atoms with Gasteiger partial charge in [-0.1, -0.05) is 26.0 Å². The van der Waals surface area contributed by atoms with E-state index in [9.17, 15) is 9.90 Å². The molecule has 4 aromatic rings. The number of anilines is 1. The maximum atomic E-state index is 17.0. The Bertz CT molecular complexity index is 2000. The number of aromatic hydroxyl groups is 1. The lowest BCUT2D eigenvalue weighted by Gasteiger charge is -2.31. The third-order valence-corrected chi connectivity index (χ3v) is 10.7. The number of likely N-dealkylation sites (tertiary alicyclic amines) is 1. The number of nitrogens with one attached hydrogen (secondary N) is 1. The minimum atomic E-state index is -0.731. The Kier molecular flexibility index (Phi) is 9.87. The Labute approximate surface area is 296 Å². The molecule has 12 heteroatoms. The third kappa shape index (κ3) is 6.61. The Balaban J connectivity index is 1.31. The molecule has 0 radical (unpaired) electrons. The van der Waals surface area contributed by atoms with Crippen molar-refractivity contribution in [1.82, 2.24) is 24.8 Å². The smallest absolute Gasteiger partial charge is 0.319 e. The van der Waals surface area contributed by atoms with Crippen molar-refractivity contribution in [2.24, 2.45) is 0 Å². The number of hydrogen-bond donors (Lipinski definition) is 2. The normalized spacial score (nSPS) is 17.2. The van der Waals surface area contributed by atoms with Gasteiger partial charge in [0.25, 0.3) is 5.91 Å².